The number of ether oxygens (including phenoxy) is 1. The highest BCUT2D eigenvalue weighted by Gasteiger charge is 2.45. The summed E-state index contributed by atoms with van der Waals surface area (Å²) < 4.78 is 7.55. The van der Waals surface area contributed by atoms with Crippen molar-refractivity contribution in [3.05, 3.63) is 18.5 Å². The van der Waals surface area contributed by atoms with E-state index in [4.69, 9.17) is 4.74 Å². The molecule has 0 spiro atoms. The fraction of sp³-hybridized carbons (Fsp3) is 0.625. The lowest BCUT2D eigenvalue weighted by Gasteiger charge is -2.25. The largest absolute Gasteiger partial charge is 0.374 e. The molecule has 1 aromatic heterocycles. The van der Waals surface area contributed by atoms with Gasteiger partial charge < -0.3 is 15.0 Å². The zero-order valence-electron chi connectivity index (χ0n) is 14.5. The van der Waals surface area contributed by atoms with Gasteiger partial charge in [-0.25, -0.2) is 4.79 Å². The predicted octanol–water partition coefficient (Wildman–Crippen LogP) is -0.169. The van der Waals surface area contributed by atoms with Gasteiger partial charge in [-0.05, 0) is 26.3 Å². The highest BCUT2D eigenvalue weighted by Crippen LogP contribution is 2.17. The maximum absolute atomic E-state index is 12.6. The third kappa shape index (κ3) is 3.81. The van der Waals surface area contributed by atoms with E-state index in [1.807, 2.05) is 12.3 Å². The van der Waals surface area contributed by atoms with Crippen LogP contribution in [-0.2, 0) is 20.9 Å². The van der Waals surface area contributed by atoms with Crippen molar-refractivity contribution < 1.29 is 19.1 Å². The van der Waals surface area contributed by atoms with Crippen molar-refractivity contribution >= 4 is 17.8 Å². The number of amides is 4. The van der Waals surface area contributed by atoms with Crippen molar-refractivity contribution in [3.8, 4) is 0 Å². The van der Waals surface area contributed by atoms with Crippen molar-refractivity contribution in [2.24, 2.45) is 0 Å². The lowest BCUT2D eigenvalue weighted by atomic mass is 10.1. The number of nitrogens with one attached hydrogen (secondary N) is 1. The molecule has 0 unspecified atom stereocenters. The molecule has 9 nitrogen and oxygen atoms in total. The quantitative estimate of drug-likeness (QED) is 0.762. The lowest BCUT2D eigenvalue weighted by molar-refractivity contribution is -0.139. The fourth-order valence-corrected chi connectivity index (χ4v) is 3.05. The Labute approximate surface area is 145 Å². The number of carbonyl (C=O) groups is 3. The Morgan fingerprint density at radius 3 is 2.88 bits per heavy atom. The molecule has 2 saturated heterocycles. The molecule has 2 fully saturated rings. The number of hydrogen-bond donors (Lipinski definition) is 1. The summed E-state index contributed by atoms with van der Waals surface area (Å²) in [7, 11) is 0. The van der Waals surface area contributed by atoms with E-state index in [-0.39, 0.29) is 24.5 Å². The van der Waals surface area contributed by atoms with Crippen LogP contribution in [0.1, 0.15) is 20.3 Å². The molecule has 1 atom stereocenters. The summed E-state index contributed by atoms with van der Waals surface area (Å²) >= 11 is 0. The molecule has 0 saturated carbocycles. The van der Waals surface area contributed by atoms with E-state index in [1.54, 1.807) is 29.6 Å². The highest BCUT2D eigenvalue weighted by molar-refractivity contribution is 6.08. The Bertz CT molecular complexity index is 657. The highest BCUT2D eigenvalue weighted by atomic mass is 16.5. The number of rotatable bonds is 4. The Hall–Kier alpha value is -2.42. The lowest BCUT2D eigenvalue weighted by Crippen LogP contribution is -2.46. The summed E-state index contributed by atoms with van der Waals surface area (Å²) in [6.07, 6.45) is 4.08. The summed E-state index contributed by atoms with van der Waals surface area (Å²) in [5.41, 5.74) is -0.970. The minimum absolute atomic E-state index is 0.175. The Kier molecular flexibility index (Phi) is 4.76. The molecular weight excluding hydrogens is 326 g/mol. The van der Waals surface area contributed by atoms with Crippen molar-refractivity contribution in [1.29, 1.82) is 0 Å². The number of nitrogens with zero attached hydrogens (tertiary/aromatic N) is 4. The molecule has 4 amide bonds. The van der Waals surface area contributed by atoms with Gasteiger partial charge in [-0.15, -0.1) is 0 Å². The molecule has 0 aromatic carbocycles. The minimum atomic E-state index is -0.970. The normalized spacial score (nSPS) is 23.5. The Morgan fingerprint density at radius 2 is 2.24 bits per heavy atom. The molecule has 2 aliphatic rings. The van der Waals surface area contributed by atoms with Gasteiger partial charge in [-0.1, -0.05) is 0 Å². The number of urea groups is 1. The van der Waals surface area contributed by atoms with Gasteiger partial charge in [0, 0.05) is 32.1 Å². The van der Waals surface area contributed by atoms with E-state index in [0.717, 1.165) is 4.90 Å². The molecule has 3 rings (SSSR count). The maximum atomic E-state index is 12.6. The second-order valence-electron chi connectivity index (χ2n) is 6.86. The molecule has 1 aromatic rings. The number of imide groups is 1. The zero-order chi connectivity index (χ0) is 18.0. The van der Waals surface area contributed by atoms with Crippen molar-refractivity contribution in [2.45, 2.75) is 38.5 Å². The van der Waals surface area contributed by atoms with Gasteiger partial charge in [0.1, 0.15) is 12.1 Å². The molecule has 0 bridgehead atoms. The molecule has 25 heavy (non-hydrogen) atoms. The second-order valence-corrected chi connectivity index (χ2v) is 6.86. The first-order chi connectivity index (χ1) is 11.9. The van der Waals surface area contributed by atoms with Crippen LogP contribution in [0, 0.1) is 0 Å². The van der Waals surface area contributed by atoms with E-state index < -0.39 is 11.6 Å². The van der Waals surface area contributed by atoms with Crippen LogP contribution in [0.15, 0.2) is 18.5 Å². The van der Waals surface area contributed by atoms with Crippen molar-refractivity contribution in [2.75, 3.05) is 26.2 Å². The first-order valence-corrected chi connectivity index (χ1v) is 8.38. The minimum Gasteiger partial charge on any atom is -0.374 e. The number of aromatic nitrogens is 2. The molecule has 136 valence electrons. The average molecular weight is 349 g/mol. The summed E-state index contributed by atoms with van der Waals surface area (Å²) in [4.78, 5) is 39.5. The summed E-state index contributed by atoms with van der Waals surface area (Å²) in [6, 6.07) is 1.31. The van der Waals surface area contributed by atoms with Gasteiger partial charge in [0.05, 0.1) is 12.6 Å². The van der Waals surface area contributed by atoms with Crippen LogP contribution in [-0.4, -0.2) is 75.3 Å². The molecular formula is C16H23N5O4. The Balaban J connectivity index is 1.62. The van der Waals surface area contributed by atoms with Crippen molar-refractivity contribution in [1.82, 2.24) is 24.9 Å². The molecule has 3 heterocycles. The topological polar surface area (TPSA) is 96.8 Å². The van der Waals surface area contributed by atoms with Gasteiger partial charge in [-0.3, -0.25) is 19.2 Å². The first-order valence-electron chi connectivity index (χ1n) is 8.38. The first kappa shape index (κ1) is 17.4. The third-order valence-corrected chi connectivity index (χ3v) is 4.39. The monoisotopic (exact) mass is 349 g/mol. The molecule has 1 N–H and O–H groups in total. The second kappa shape index (κ2) is 6.83. The predicted molar refractivity (Wildman–Crippen MR) is 87.5 cm³/mol. The SMILES string of the molecule is CC1(C)NC(=O)N(CC(=O)N2CCCO[C@H](Cn3cccn3)C2)C1=O. The van der Waals surface area contributed by atoms with E-state index >= 15 is 0 Å². The van der Waals surface area contributed by atoms with Crippen LogP contribution in [0.25, 0.3) is 0 Å². The van der Waals surface area contributed by atoms with Gasteiger partial charge in [0.2, 0.25) is 5.91 Å². The number of carbonyl (C=O) groups excluding carboxylic acids is 3. The van der Waals surface area contributed by atoms with Gasteiger partial charge in [0.25, 0.3) is 5.91 Å². The van der Waals surface area contributed by atoms with Crippen LogP contribution in [0.4, 0.5) is 4.79 Å². The zero-order valence-corrected chi connectivity index (χ0v) is 14.5. The Morgan fingerprint density at radius 1 is 1.44 bits per heavy atom. The smallest absolute Gasteiger partial charge is 0.325 e. The maximum Gasteiger partial charge on any atom is 0.325 e. The van der Waals surface area contributed by atoms with Crippen molar-refractivity contribution in [3.63, 3.8) is 0 Å². The van der Waals surface area contributed by atoms with Crippen LogP contribution >= 0.6 is 0 Å². The molecule has 2 aliphatic heterocycles. The van der Waals surface area contributed by atoms with Gasteiger partial charge >= 0.3 is 6.03 Å². The summed E-state index contributed by atoms with van der Waals surface area (Å²) in [5, 5.41) is 6.74. The summed E-state index contributed by atoms with van der Waals surface area (Å²) in [5.74, 6) is -0.637. The van der Waals surface area contributed by atoms with Crippen LogP contribution < -0.4 is 5.32 Å². The molecule has 0 aliphatic carbocycles. The van der Waals surface area contributed by atoms with Crippen LogP contribution in [0.5, 0.6) is 0 Å². The summed E-state index contributed by atoms with van der Waals surface area (Å²) in [6.45, 7) is 5.06. The standard InChI is InChI=1S/C16H23N5O4/c1-16(2)14(23)21(15(24)18-16)11-13(22)19-6-4-8-25-12(9-19)10-20-7-3-5-17-20/h3,5,7,12H,4,6,8-11H2,1-2H3,(H,18,24)/t12-/m0/s1. The third-order valence-electron chi connectivity index (χ3n) is 4.39. The fourth-order valence-electron chi connectivity index (χ4n) is 3.05. The van der Waals surface area contributed by atoms with Crippen LogP contribution in [0.3, 0.4) is 0 Å². The van der Waals surface area contributed by atoms with Gasteiger partial charge in [0.15, 0.2) is 0 Å². The van der Waals surface area contributed by atoms with E-state index in [1.165, 1.54) is 0 Å². The molecule has 9 heteroatoms. The van der Waals surface area contributed by atoms with Gasteiger partial charge in [-0.2, -0.15) is 5.10 Å². The number of hydrogen-bond acceptors (Lipinski definition) is 5. The van der Waals surface area contributed by atoms with E-state index in [9.17, 15) is 14.4 Å². The van der Waals surface area contributed by atoms with E-state index in [0.29, 0.717) is 32.7 Å². The van der Waals surface area contributed by atoms with E-state index in [2.05, 4.69) is 10.4 Å². The molecule has 0 radical (unpaired) electrons. The van der Waals surface area contributed by atoms with Crippen LogP contribution in [0.2, 0.25) is 0 Å². The average Bonchev–Trinajstić information content (AvgIpc) is 3.02.